The number of amides is 2. The monoisotopic (exact) mass is 491 g/mol. The molecule has 33 heavy (non-hydrogen) atoms. The normalized spacial score (nSPS) is 21.0. The third-order valence-corrected chi connectivity index (χ3v) is 8.52. The number of anilines is 2. The Balaban J connectivity index is 1.55. The van der Waals surface area contributed by atoms with Crippen molar-refractivity contribution in [1.29, 1.82) is 0 Å². The maximum atomic E-state index is 13.5. The third-order valence-electron chi connectivity index (χ3n) is 6.11. The summed E-state index contributed by atoms with van der Waals surface area (Å²) in [7, 11) is -3.87. The lowest BCUT2D eigenvalue weighted by atomic mass is 9.98. The highest BCUT2D eigenvalue weighted by Gasteiger charge is 2.35. The molecule has 0 spiro atoms. The van der Waals surface area contributed by atoms with Crippen molar-refractivity contribution in [1.82, 2.24) is 4.31 Å². The average molecular weight is 492 g/mol. The van der Waals surface area contributed by atoms with Gasteiger partial charge in [-0.25, -0.2) is 8.42 Å². The van der Waals surface area contributed by atoms with E-state index in [0.717, 1.165) is 5.56 Å². The summed E-state index contributed by atoms with van der Waals surface area (Å²) in [5, 5.41) is 6.17. The van der Waals surface area contributed by atoms with Crippen LogP contribution in [0.2, 0.25) is 5.02 Å². The van der Waals surface area contributed by atoms with Crippen LogP contribution in [0.5, 0.6) is 5.75 Å². The third kappa shape index (κ3) is 4.58. The summed E-state index contributed by atoms with van der Waals surface area (Å²) >= 11 is 6.14. The number of hydrogen-bond acceptors (Lipinski definition) is 5. The van der Waals surface area contributed by atoms with Gasteiger partial charge < -0.3 is 15.4 Å². The number of fused-ring (bicyclic) bond motifs is 1. The van der Waals surface area contributed by atoms with Gasteiger partial charge in [-0.1, -0.05) is 17.7 Å². The zero-order chi connectivity index (χ0) is 23.9. The Bertz CT molecular complexity index is 1230. The minimum absolute atomic E-state index is 0.0816. The van der Waals surface area contributed by atoms with Crippen LogP contribution in [-0.4, -0.2) is 43.7 Å². The Labute approximate surface area is 198 Å². The van der Waals surface area contributed by atoms with Crippen LogP contribution < -0.4 is 15.4 Å². The second kappa shape index (κ2) is 8.96. The van der Waals surface area contributed by atoms with Gasteiger partial charge in [0.2, 0.25) is 15.9 Å². The number of aryl methyl sites for hydroxylation is 1. The van der Waals surface area contributed by atoms with E-state index in [1.165, 1.54) is 10.4 Å². The van der Waals surface area contributed by atoms with Gasteiger partial charge in [0.05, 0.1) is 16.5 Å². The molecule has 10 heteroatoms. The Hall–Kier alpha value is -2.62. The predicted octanol–water partition coefficient (Wildman–Crippen LogP) is 3.72. The molecular weight excluding hydrogens is 466 g/mol. The molecule has 0 aromatic heterocycles. The van der Waals surface area contributed by atoms with Gasteiger partial charge in [-0.05, 0) is 62.9 Å². The van der Waals surface area contributed by atoms with Crippen molar-refractivity contribution in [3.63, 3.8) is 0 Å². The van der Waals surface area contributed by atoms with Crippen LogP contribution in [0, 0.1) is 19.8 Å². The minimum Gasteiger partial charge on any atom is -0.479 e. The first-order valence-electron chi connectivity index (χ1n) is 10.8. The van der Waals surface area contributed by atoms with Crippen LogP contribution in [0.25, 0.3) is 0 Å². The molecular formula is C23H26ClN3O5S. The van der Waals surface area contributed by atoms with Gasteiger partial charge in [-0.2, -0.15) is 4.31 Å². The van der Waals surface area contributed by atoms with Crippen LogP contribution in [0.15, 0.2) is 35.2 Å². The molecule has 2 atom stereocenters. The zero-order valence-corrected chi connectivity index (χ0v) is 20.2. The summed E-state index contributed by atoms with van der Waals surface area (Å²) in [6, 6.07) is 8.33. The lowest BCUT2D eigenvalue weighted by Crippen LogP contribution is -2.44. The molecule has 2 aliphatic heterocycles. The molecule has 176 valence electrons. The smallest absolute Gasteiger partial charge is 0.265 e. The molecule has 1 saturated heterocycles. The highest BCUT2D eigenvalue weighted by Crippen LogP contribution is 2.36. The second-order valence-electron chi connectivity index (χ2n) is 8.47. The van der Waals surface area contributed by atoms with Gasteiger partial charge in [0, 0.05) is 29.9 Å². The summed E-state index contributed by atoms with van der Waals surface area (Å²) in [6.07, 6.45) is 0.445. The summed E-state index contributed by atoms with van der Waals surface area (Å²) in [5.41, 5.74) is 2.32. The number of nitrogens with zero attached hydrogens (tertiary/aromatic N) is 1. The molecule has 0 unspecified atom stereocenters. The molecule has 8 nitrogen and oxygen atoms in total. The first-order chi connectivity index (χ1) is 15.6. The minimum atomic E-state index is -3.87. The number of benzene rings is 2. The summed E-state index contributed by atoms with van der Waals surface area (Å²) in [6.45, 7) is 5.50. The Morgan fingerprint density at radius 2 is 2.03 bits per heavy atom. The predicted molar refractivity (Wildman–Crippen MR) is 126 cm³/mol. The van der Waals surface area contributed by atoms with E-state index < -0.39 is 22.0 Å². The molecule has 4 rings (SSSR count). The van der Waals surface area contributed by atoms with Gasteiger partial charge in [-0.15, -0.1) is 0 Å². The number of nitrogens with one attached hydrogen (secondary N) is 2. The van der Waals surface area contributed by atoms with Crippen molar-refractivity contribution in [3.8, 4) is 5.75 Å². The summed E-state index contributed by atoms with van der Waals surface area (Å²) in [5.74, 6) is -0.686. The van der Waals surface area contributed by atoms with Gasteiger partial charge in [0.15, 0.2) is 6.10 Å². The first-order valence-corrected chi connectivity index (χ1v) is 12.6. The lowest BCUT2D eigenvalue weighted by molar-refractivity contribution is -0.123. The van der Waals surface area contributed by atoms with Crippen LogP contribution in [0.3, 0.4) is 0 Å². The van der Waals surface area contributed by atoms with Crippen LogP contribution in [0.4, 0.5) is 11.4 Å². The van der Waals surface area contributed by atoms with E-state index >= 15 is 0 Å². The number of piperidine rings is 1. The van der Waals surface area contributed by atoms with Crippen LogP contribution in [0.1, 0.15) is 30.9 Å². The number of sulfonamides is 1. The fraction of sp³-hybridized carbons (Fsp3) is 0.391. The quantitative estimate of drug-likeness (QED) is 0.678. The number of halogens is 1. The molecule has 0 bridgehead atoms. The molecule has 2 aliphatic rings. The standard InChI is InChI=1S/C23H26ClN3O5S/c1-13-10-19-20(32-15(3)22(28)26-19)11-21(13)33(30,31)27-9-5-6-16(12-27)23(29)25-18-8-4-7-17(24)14(18)2/h4,7-8,10-11,15-16H,5-6,9,12H2,1-3H3,(H,25,29)(H,26,28)/t15-,16-/m0/s1. The molecule has 2 heterocycles. The largest absolute Gasteiger partial charge is 0.479 e. The van der Waals surface area contributed by atoms with E-state index in [4.69, 9.17) is 16.3 Å². The van der Waals surface area contributed by atoms with E-state index in [1.807, 2.05) is 6.92 Å². The van der Waals surface area contributed by atoms with Gasteiger partial charge in [0.1, 0.15) is 5.75 Å². The van der Waals surface area contributed by atoms with Crippen molar-refractivity contribution in [2.45, 2.75) is 44.6 Å². The molecule has 0 radical (unpaired) electrons. The lowest BCUT2D eigenvalue weighted by Gasteiger charge is -2.32. The molecule has 2 N–H and O–H groups in total. The molecule has 1 fully saturated rings. The highest BCUT2D eigenvalue weighted by molar-refractivity contribution is 7.89. The Kier molecular flexibility index (Phi) is 6.39. The number of hydrogen-bond donors (Lipinski definition) is 2. The van der Waals surface area contributed by atoms with Gasteiger partial charge in [-0.3, -0.25) is 9.59 Å². The maximum Gasteiger partial charge on any atom is 0.265 e. The molecule has 2 amide bonds. The van der Waals surface area contributed by atoms with Crippen molar-refractivity contribution in [3.05, 3.63) is 46.5 Å². The van der Waals surface area contributed by atoms with E-state index in [-0.39, 0.29) is 23.3 Å². The van der Waals surface area contributed by atoms with Gasteiger partial charge >= 0.3 is 0 Å². The topological polar surface area (TPSA) is 105 Å². The summed E-state index contributed by atoms with van der Waals surface area (Å²) < 4.78 is 33.9. The Morgan fingerprint density at radius 1 is 1.27 bits per heavy atom. The van der Waals surface area contributed by atoms with Crippen molar-refractivity contribution >= 4 is 44.8 Å². The molecule has 0 saturated carbocycles. The average Bonchev–Trinajstić information content (AvgIpc) is 2.77. The number of carbonyl (C=O) groups is 2. The van der Waals surface area contributed by atoms with Crippen molar-refractivity contribution in [2.24, 2.45) is 5.92 Å². The summed E-state index contributed by atoms with van der Waals surface area (Å²) in [4.78, 5) is 24.9. The number of ether oxygens (including phenoxy) is 1. The van der Waals surface area contributed by atoms with Crippen LogP contribution in [-0.2, 0) is 19.6 Å². The second-order valence-corrected chi connectivity index (χ2v) is 10.8. The molecule has 0 aliphatic carbocycles. The van der Waals surface area contributed by atoms with E-state index in [2.05, 4.69) is 10.6 Å². The van der Waals surface area contributed by atoms with E-state index in [0.29, 0.717) is 47.1 Å². The highest BCUT2D eigenvalue weighted by atomic mass is 35.5. The molecule has 2 aromatic carbocycles. The van der Waals surface area contributed by atoms with Gasteiger partial charge in [0.25, 0.3) is 5.91 Å². The number of carbonyl (C=O) groups excluding carboxylic acids is 2. The Morgan fingerprint density at radius 3 is 2.79 bits per heavy atom. The fourth-order valence-corrected chi connectivity index (χ4v) is 6.03. The van der Waals surface area contributed by atoms with E-state index in [9.17, 15) is 18.0 Å². The zero-order valence-electron chi connectivity index (χ0n) is 18.6. The van der Waals surface area contributed by atoms with Crippen molar-refractivity contribution in [2.75, 3.05) is 23.7 Å². The molecule has 2 aromatic rings. The maximum absolute atomic E-state index is 13.5. The first kappa shape index (κ1) is 23.5. The number of rotatable bonds is 4. The SMILES string of the molecule is Cc1cc2c(cc1S(=O)(=O)N1CCC[C@H](C(=O)Nc3cccc(Cl)c3C)C1)O[C@@H](C)C(=O)N2. The van der Waals surface area contributed by atoms with E-state index in [1.54, 1.807) is 38.1 Å². The van der Waals surface area contributed by atoms with Crippen molar-refractivity contribution < 1.29 is 22.7 Å². The fourth-order valence-electron chi connectivity index (χ4n) is 4.11. The van der Waals surface area contributed by atoms with Crippen LogP contribution >= 0.6 is 11.6 Å².